The smallest absolute Gasteiger partial charge is 0.165 e. The van der Waals surface area contributed by atoms with Gasteiger partial charge in [-0.25, -0.2) is 4.39 Å². The van der Waals surface area contributed by atoms with Crippen LogP contribution in [-0.2, 0) is 16.0 Å². The number of hydrogen-bond acceptors (Lipinski definition) is 5. The molecule has 23 heavy (non-hydrogen) atoms. The predicted octanol–water partition coefficient (Wildman–Crippen LogP) is 1.82. The molecule has 2 unspecified atom stereocenters. The second-order valence-electron chi connectivity index (χ2n) is 5.99. The van der Waals surface area contributed by atoms with E-state index in [-0.39, 0.29) is 24.3 Å². The molecule has 0 radical (unpaired) electrons. The van der Waals surface area contributed by atoms with Crippen LogP contribution in [0.1, 0.15) is 18.4 Å². The second kappa shape index (κ2) is 9.17. The molecular formula is C17H26FNO4. The Morgan fingerprint density at radius 2 is 2.30 bits per heavy atom. The maximum atomic E-state index is 13.7. The van der Waals surface area contributed by atoms with E-state index in [1.165, 1.54) is 13.2 Å². The highest BCUT2D eigenvalue weighted by Crippen LogP contribution is 2.18. The van der Waals surface area contributed by atoms with Crippen molar-refractivity contribution in [3.05, 3.63) is 29.6 Å². The first-order valence-electron chi connectivity index (χ1n) is 7.97. The largest absolute Gasteiger partial charge is 0.494 e. The van der Waals surface area contributed by atoms with E-state index >= 15 is 0 Å². The van der Waals surface area contributed by atoms with Gasteiger partial charge in [0.25, 0.3) is 0 Å². The number of halogens is 1. The van der Waals surface area contributed by atoms with Gasteiger partial charge in [-0.2, -0.15) is 0 Å². The van der Waals surface area contributed by atoms with Crippen molar-refractivity contribution in [3.8, 4) is 5.75 Å². The standard InChI is InChI=1S/C17H26FNO4/c1-19(9-13-5-6-17(21-2)16(18)8-13)10-14(20)11-22-12-15-4-3-7-23-15/h5-6,8,14-15,20H,3-4,7,9-12H2,1-2H3. The fourth-order valence-corrected chi connectivity index (χ4v) is 2.71. The normalized spacial score (nSPS) is 19.3. The van der Waals surface area contributed by atoms with Crippen LogP contribution in [0.2, 0.25) is 0 Å². The molecule has 0 bridgehead atoms. The Morgan fingerprint density at radius 3 is 2.96 bits per heavy atom. The molecule has 1 heterocycles. The monoisotopic (exact) mass is 327 g/mol. The zero-order valence-electron chi connectivity index (χ0n) is 13.8. The third kappa shape index (κ3) is 6.06. The summed E-state index contributed by atoms with van der Waals surface area (Å²) in [5.41, 5.74) is 0.832. The van der Waals surface area contributed by atoms with Crippen LogP contribution in [0.15, 0.2) is 18.2 Å². The number of benzene rings is 1. The van der Waals surface area contributed by atoms with Crippen LogP contribution in [0.4, 0.5) is 4.39 Å². The summed E-state index contributed by atoms with van der Waals surface area (Å²) in [4.78, 5) is 1.93. The minimum atomic E-state index is -0.579. The Labute approximate surface area is 137 Å². The minimum absolute atomic E-state index is 0.169. The number of aliphatic hydroxyl groups excluding tert-OH is 1. The summed E-state index contributed by atoms with van der Waals surface area (Å²) in [6, 6.07) is 4.88. The zero-order chi connectivity index (χ0) is 16.7. The third-order valence-electron chi connectivity index (χ3n) is 3.83. The molecule has 1 aliphatic heterocycles. The number of rotatable bonds is 9. The van der Waals surface area contributed by atoms with Crippen LogP contribution in [0.3, 0.4) is 0 Å². The summed E-state index contributed by atoms with van der Waals surface area (Å²) in [5, 5.41) is 10.0. The molecule has 1 saturated heterocycles. The third-order valence-corrected chi connectivity index (χ3v) is 3.83. The minimum Gasteiger partial charge on any atom is -0.494 e. The molecule has 1 aromatic carbocycles. The molecule has 5 nitrogen and oxygen atoms in total. The van der Waals surface area contributed by atoms with Gasteiger partial charge in [0.1, 0.15) is 0 Å². The number of likely N-dealkylation sites (N-methyl/N-ethyl adjacent to an activating group) is 1. The summed E-state index contributed by atoms with van der Waals surface area (Å²) >= 11 is 0. The topological polar surface area (TPSA) is 51.2 Å². The SMILES string of the molecule is COc1ccc(CN(C)CC(O)COCC2CCCO2)cc1F. The first-order valence-corrected chi connectivity index (χ1v) is 7.97. The van der Waals surface area contributed by atoms with Gasteiger partial charge >= 0.3 is 0 Å². The van der Waals surface area contributed by atoms with Gasteiger partial charge in [-0.05, 0) is 37.6 Å². The van der Waals surface area contributed by atoms with E-state index in [1.54, 1.807) is 6.07 Å². The van der Waals surface area contributed by atoms with E-state index in [2.05, 4.69) is 0 Å². The lowest BCUT2D eigenvalue weighted by atomic mass is 10.2. The molecule has 1 fully saturated rings. The average molecular weight is 327 g/mol. The van der Waals surface area contributed by atoms with Gasteiger partial charge in [0.2, 0.25) is 0 Å². The molecule has 1 aromatic rings. The lowest BCUT2D eigenvalue weighted by molar-refractivity contribution is -0.0238. The fraction of sp³-hybridized carbons (Fsp3) is 0.647. The molecule has 0 spiro atoms. The zero-order valence-corrected chi connectivity index (χ0v) is 13.8. The van der Waals surface area contributed by atoms with Gasteiger partial charge in [0.05, 0.1) is 32.5 Å². The highest BCUT2D eigenvalue weighted by molar-refractivity contribution is 5.29. The van der Waals surface area contributed by atoms with Crippen LogP contribution in [0.25, 0.3) is 0 Å². The Kier molecular flexibility index (Phi) is 7.23. The van der Waals surface area contributed by atoms with Crippen LogP contribution in [0.5, 0.6) is 5.75 Å². The quantitative estimate of drug-likeness (QED) is 0.750. The Balaban J connectivity index is 1.68. The van der Waals surface area contributed by atoms with Gasteiger partial charge < -0.3 is 19.3 Å². The van der Waals surface area contributed by atoms with Crippen molar-refractivity contribution in [2.75, 3.05) is 40.5 Å². The van der Waals surface area contributed by atoms with E-state index in [0.717, 1.165) is 25.0 Å². The predicted molar refractivity (Wildman–Crippen MR) is 85.1 cm³/mol. The number of aliphatic hydroxyl groups is 1. The van der Waals surface area contributed by atoms with Crippen LogP contribution in [0, 0.1) is 5.82 Å². The maximum Gasteiger partial charge on any atom is 0.165 e. The fourth-order valence-electron chi connectivity index (χ4n) is 2.71. The lowest BCUT2D eigenvalue weighted by Gasteiger charge is -2.21. The lowest BCUT2D eigenvalue weighted by Crippen LogP contribution is -2.32. The molecule has 2 rings (SSSR count). The van der Waals surface area contributed by atoms with Gasteiger partial charge in [-0.1, -0.05) is 6.07 Å². The van der Waals surface area contributed by atoms with E-state index in [4.69, 9.17) is 14.2 Å². The molecule has 0 aromatic heterocycles. The summed E-state index contributed by atoms with van der Waals surface area (Å²) in [6.45, 7) is 2.62. The molecule has 130 valence electrons. The number of nitrogens with zero attached hydrogens (tertiary/aromatic N) is 1. The summed E-state index contributed by atoms with van der Waals surface area (Å²) in [6.07, 6.45) is 1.70. The Morgan fingerprint density at radius 1 is 1.48 bits per heavy atom. The highest BCUT2D eigenvalue weighted by atomic mass is 19.1. The second-order valence-corrected chi connectivity index (χ2v) is 5.99. The van der Waals surface area contributed by atoms with Crippen molar-refractivity contribution < 1.29 is 23.7 Å². The highest BCUT2D eigenvalue weighted by Gasteiger charge is 2.16. The van der Waals surface area contributed by atoms with Crippen LogP contribution in [-0.4, -0.2) is 62.7 Å². The van der Waals surface area contributed by atoms with Crippen molar-refractivity contribution in [1.29, 1.82) is 0 Å². The molecule has 1 N–H and O–H groups in total. The molecular weight excluding hydrogens is 301 g/mol. The Bertz CT molecular complexity index is 480. The van der Waals surface area contributed by atoms with E-state index < -0.39 is 6.10 Å². The van der Waals surface area contributed by atoms with E-state index in [9.17, 15) is 9.50 Å². The van der Waals surface area contributed by atoms with Crippen molar-refractivity contribution in [2.45, 2.75) is 31.6 Å². The Hall–Kier alpha value is -1.21. The van der Waals surface area contributed by atoms with Crippen molar-refractivity contribution in [2.24, 2.45) is 0 Å². The molecule has 0 saturated carbocycles. The summed E-state index contributed by atoms with van der Waals surface area (Å²) in [7, 11) is 3.32. The van der Waals surface area contributed by atoms with Crippen molar-refractivity contribution >= 4 is 0 Å². The number of methoxy groups -OCH3 is 1. The first-order chi connectivity index (χ1) is 11.1. The van der Waals surface area contributed by atoms with Gasteiger partial charge in [-0.3, -0.25) is 4.90 Å². The van der Waals surface area contributed by atoms with Gasteiger partial charge in [0, 0.05) is 19.7 Å². The van der Waals surface area contributed by atoms with Crippen molar-refractivity contribution in [1.82, 2.24) is 4.90 Å². The van der Waals surface area contributed by atoms with Crippen LogP contribution >= 0.6 is 0 Å². The number of hydrogen-bond donors (Lipinski definition) is 1. The van der Waals surface area contributed by atoms with Crippen LogP contribution < -0.4 is 4.74 Å². The van der Waals surface area contributed by atoms with Crippen molar-refractivity contribution in [3.63, 3.8) is 0 Å². The number of ether oxygens (including phenoxy) is 3. The van der Waals surface area contributed by atoms with Gasteiger partial charge in [0.15, 0.2) is 11.6 Å². The molecule has 0 amide bonds. The summed E-state index contributed by atoms with van der Waals surface area (Å²) < 4.78 is 29.5. The van der Waals surface area contributed by atoms with E-state index in [1.807, 2.05) is 18.0 Å². The maximum absolute atomic E-state index is 13.7. The molecule has 0 aliphatic carbocycles. The first kappa shape index (κ1) is 18.1. The molecule has 1 aliphatic rings. The summed E-state index contributed by atoms with van der Waals surface area (Å²) in [5.74, 6) is -0.141. The molecule has 2 atom stereocenters. The van der Waals surface area contributed by atoms with E-state index in [0.29, 0.717) is 19.7 Å². The molecule has 6 heteroatoms. The average Bonchev–Trinajstić information content (AvgIpc) is 3.00. The van der Waals surface area contributed by atoms with Gasteiger partial charge in [-0.15, -0.1) is 0 Å².